The fourth-order valence-corrected chi connectivity index (χ4v) is 3.20. The van der Waals surface area contributed by atoms with Crippen LogP contribution in [0, 0.1) is 0 Å². The highest BCUT2D eigenvalue weighted by molar-refractivity contribution is 5.89. The van der Waals surface area contributed by atoms with Crippen molar-refractivity contribution in [2.24, 2.45) is 0 Å². The van der Waals surface area contributed by atoms with Crippen molar-refractivity contribution in [1.82, 2.24) is 15.2 Å². The average molecular weight is 384 g/mol. The number of aliphatic hydroxyl groups is 1. The van der Waals surface area contributed by atoms with E-state index in [-0.39, 0.29) is 25.2 Å². The minimum absolute atomic E-state index is 0.0552. The molecule has 3 N–H and O–H groups in total. The number of carbonyl (C=O) groups is 2. The van der Waals surface area contributed by atoms with Crippen LogP contribution in [0.5, 0.6) is 0 Å². The number of nitrogens with zero attached hydrogens (tertiary/aromatic N) is 2. The molecule has 8 nitrogen and oxygen atoms in total. The van der Waals surface area contributed by atoms with Crippen molar-refractivity contribution in [2.75, 3.05) is 25.1 Å². The normalized spacial score (nSPS) is 19.4. The predicted molar refractivity (Wildman–Crippen MR) is 103 cm³/mol. The van der Waals surface area contributed by atoms with Gasteiger partial charge in [0.1, 0.15) is 12.7 Å². The molecule has 0 saturated carbocycles. The van der Waals surface area contributed by atoms with Gasteiger partial charge in [-0.1, -0.05) is 18.2 Å². The van der Waals surface area contributed by atoms with Crippen LogP contribution in [0.2, 0.25) is 0 Å². The second kappa shape index (κ2) is 9.29. The lowest BCUT2D eigenvalue weighted by atomic mass is 9.98. The van der Waals surface area contributed by atoms with Gasteiger partial charge in [-0.05, 0) is 36.2 Å². The molecule has 1 aliphatic rings. The molecule has 2 heterocycles. The minimum Gasteiger partial charge on any atom is -0.394 e. The van der Waals surface area contributed by atoms with Crippen molar-refractivity contribution >= 4 is 17.6 Å². The standard InChI is InChI=1S/C20H24N4O4/c1-2-22-20(27)23-16-7-5-15(6-8-16)19-17(12-25)24(18(26)13-28-19)11-14-4-3-9-21-10-14/h3-10,17,19,25H,2,11-13H2,1H3,(H2,22,23,27)/t17-,19-/m1/s1. The molecule has 1 aromatic carbocycles. The third-order valence-electron chi connectivity index (χ3n) is 4.55. The molecule has 2 atom stereocenters. The van der Waals surface area contributed by atoms with Crippen LogP contribution in [0.4, 0.5) is 10.5 Å². The lowest BCUT2D eigenvalue weighted by Crippen LogP contribution is -2.52. The summed E-state index contributed by atoms with van der Waals surface area (Å²) in [6, 6.07) is 10.1. The predicted octanol–water partition coefficient (Wildman–Crippen LogP) is 1.68. The summed E-state index contributed by atoms with van der Waals surface area (Å²) in [7, 11) is 0. The largest absolute Gasteiger partial charge is 0.394 e. The molecule has 0 unspecified atom stereocenters. The number of amides is 3. The molecule has 0 spiro atoms. The molecular formula is C20H24N4O4. The third-order valence-corrected chi connectivity index (χ3v) is 4.55. The Balaban J connectivity index is 1.75. The SMILES string of the molecule is CCNC(=O)Nc1ccc([C@H]2OCC(=O)N(Cc3cccnc3)[C@@H]2CO)cc1. The molecule has 0 aliphatic carbocycles. The number of hydrogen-bond donors (Lipinski definition) is 3. The van der Waals surface area contributed by atoms with Gasteiger partial charge in [0.05, 0.1) is 12.6 Å². The summed E-state index contributed by atoms with van der Waals surface area (Å²) in [5, 5.41) is 15.4. The molecule has 2 aromatic rings. The van der Waals surface area contributed by atoms with E-state index in [1.165, 1.54) is 0 Å². The second-order valence-corrected chi connectivity index (χ2v) is 6.47. The molecule has 1 aromatic heterocycles. The van der Waals surface area contributed by atoms with E-state index in [0.717, 1.165) is 11.1 Å². The number of ether oxygens (including phenoxy) is 1. The van der Waals surface area contributed by atoms with Crippen LogP contribution in [-0.4, -0.2) is 52.7 Å². The van der Waals surface area contributed by atoms with Crippen LogP contribution in [-0.2, 0) is 16.1 Å². The maximum absolute atomic E-state index is 12.4. The smallest absolute Gasteiger partial charge is 0.319 e. The third kappa shape index (κ3) is 4.65. The number of rotatable bonds is 6. The average Bonchev–Trinajstić information content (AvgIpc) is 2.71. The monoisotopic (exact) mass is 384 g/mol. The van der Waals surface area contributed by atoms with E-state index < -0.39 is 12.1 Å². The summed E-state index contributed by atoms with van der Waals surface area (Å²) in [5.41, 5.74) is 2.36. The van der Waals surface area contributed by atoms with Crippen LogP contribution < -0.4 is 10.6 Å². The van der Waals surface area contributed by atoms with Gasteiger partial charge >= 0.3 is 6.03 Å². The van der Waals surface area contributed by atoms with Crippen molar-refractivity contribution in [2.45, 2.75) is 25.6 Å². The summed E-state index contributed by atoms with van der Waals surface area (Å²) in [4.78, 5) is 29.7. The Morgan fingerprint density at radius 3 is 2.75 bits per heavy atom. The Bertz CT molecular complexity index is 798. The van der Waals surface area contributed by atoms with Crippen molar-refractivity contribution < 1.29 is 19.4 Å². The van der Waals surface area contributed by atoms with Crippen molar-refractivity contribution in [1.29, 1.82) is 0 Å². The Hall–Kier alpha value is -2.97. The molecular weight excluding hydrogens is 360 g/mol. The van der Waals surface area contributed by atoms with Gasteiger partial charge in [0.2, 0.25) is 5.91 Å². The lowest BCUT2D eigenvalue weighted by Gasteiger charge is -2.40. The molecule has 0 bridgehead atoms. The van der Waals surface area contributed by atoms with E-state index in [1.54, 1.807) is 29.4 Å². The van der Waals surface area contributed by atoms with Crippen molar-refractivity contribution in [3.63, 3.8) is 0 Å². The van der Waals surface area contributed by atoms with Crippen LogP contribution in [0.15, 0.2) is 48.8 Å². The summed E-state index contributed by atoms with van der Waals surface area (Å²) in [6.07, 6.45) is 2.92. The zero-order valence-corrected chi connectivity index (χ0v) is 15.7. The van der Waals surface area contributed by atoms with Crippen LogP contribution in [0.25, 0.3) is 0 Å². The summed E-state index contributed by atoms with van der Waals surface area (Å²) >= 11 is 0. The Labute approximate surface area is 163 Å². The summed E-state index contributed by atoms with van der Waals surface area (Å²) in [5.74, 6) is -0.173. The highest BCUT2D eigenvalue weighted by atomic mass is 16.5. The molecule has 1 aliphatic heterocycles. The van der Waals surface area contributed by atoms with Crippen LogP contribution >= 0.6 is 0 Å². The molecule has 0 radical (unpaired) electrons. The number of aromatic nitrogens is 1. The van der Waals surface area contributed by atoms with Gasteiger partial charge in [0, 0.05) is 31.2 Å². The Kier molecular flexibility index (Phi) is 6.57. The summed E-state index contributed by atoms with van der Waals surface area (Å²) < 4.78 is 5.74. The van der Waals surface area contributed by atoms with E-state index in [1.807, 2.05) is 31.2 Å². The van der Waals surface area contributed by atoms with E-state index in [0.29, 0.717) is 18.8 Å². The quantitative estimate of drug-likeness (QED) is 0.703. The van der Waals surface area contributed by atoms with Gasteiger partial charge < -0.3 is 25.4 Å². The Morgan fingerprint density at radius 1 is 1.32 bits per heavy atom. The first-order valence-corrected chi connectivity index (χ1v) is 9.18. The fourth-order valence-electron chi connectivity index (χ4n) is 3.20. The molecule has 8 heteroatoms. The molecule has 3 rings (SSSR count). The number of pyridine rings is 1. The number of benzene rings is 1. The minimum atomic E-state index is -0.511. The number of hydrogen-bond acceptors (Lipinski definition) is 5. The molecule has 148 valence electrons. The highest BCUT2D eigenvalue weighted by Crippen LogP contribution is 2.30. The molecule has 1 saturated heterocycles. The zero-order chi connectivity index (χ0) is 19.9. The highest BCUT2D eigenvalue weighted by Gasteiger charge is 2.37. The van der Waals surface area contributed by atoms with Crippen molar-refractivity contribution in [3.05, 3.63) is 59.9 Å². The second-order valence-electron chi connectivity index (χ2n) is 6.47. The van der Waals surface area contributed by atoms with Crippen LogP contribution in [0.1, 0.15) is 24.2 Å². The first kappa shape index (κ1) is 19.8. The number of nitrogens with one attached hydrogen (secondary N) is 2. The topological polar surface area (TPSA) is 104 Å². The van der Waals surface area contributed by atoms with Gasteiger partial charge in [-0.15, -0.1) is 0 Å². The van der Waals surface area contributed by atoms with E-state index in [4.69, 9.17) is 4.74 Å². The van der Waals surface area contributed by atoms with E-state index in [9.17, 15) is 14.7 Å². The number of urea groups is 1. The maximum atomic E-state index is 12.4. The van der Waals surface area contributed by atoms with Gasteiger partial charge in [-0.25, -0.2) is 4.79 Å². The van der Waals surface area contributed by atoms with Crippen LogP contribution in [0.3, 0.4) is 0 Å². The van der Waals surface area contributed by atoms with E-state index in [2.05, 4.69) is 15.6 Å². The zero-order valence-electron chi connectivity index (χ0n) is 15.7. The van der Waals surface area contributed by atoms with Gasteiger partial charge in [0.15, 0.2) is 0 Å². The van der Waals surface area contributed by atoms with Gasteiger partial charge in [-0.2, -0.15) is 0 Å². The molecule has 28 heavy (non-hydrogen) atoms. The van der Waals surface area contributed by atoms with Gasteiger partial charge in [0.25, 0.3) is 0 Å². The van der Waals surface area contributed by atoms with E-state index >= 15 is 0 Å². The lowest BCUT2D eigenvalue weighted by molar-refractivity contribution is -0.162. The van der Waals surface area contributed by atoms with Gasteiger partial charge in [-0.3, -0.25) is 9.78 Å². The first-order chi connectivity index (χ1) is 13.6. The number of morpholine rings is 1. The maximum Gasteiger partial charge on any atom is 0.319 e. The summed E-state index contributed by atoms with van der Waals surface area (Å²) in [6.45, 7) is 2.46. The molecule has 1 fully saturated rings. The number of carbonyl (C=O) groups excluding carboxylic acids is 2. The molecule has 3 amide bonds. The number of anilines is 1. The number of aliphatic hydroxyl groups excluding tert-OH is 1. The first-order valence-electron chi connectivity index (χ1n) is 9.18. The fraction of sp³-hybridized carbons (Fsp3) is 0.350. The van der Waals surface area contributed by atoms with Crippen molar-refractivity contribution in [3.8, 4) is 0 Å². The Morgan fingerprint density at radius 2 is 2.11 bits per heavy atom.